The monoisotopic (exact) mass is 378 g/mol. The SMILES string of the molecule is CC(=O)OC[C@H](CC(=O)CC[C@H](N)C(=O)O)C(=O)N[C@@H](CS)C(=O)O. The fourth-order valence-corrected chi connectivity index (χ4v) is 1.98. The third kappa shape index (κ3) is 9.67. The molecular weight excluding hydrogens is 356 g/mol. The molecule has 0 aliphatic carbocycles. The van der Waals surface area contributed by atoms with Crippen molar-refractivity contribution < 1.29 is 38.9 Å². The second-order valence-corrected chi connectivity index (χ2v) is 5.67. The second kappa shape index (κ2) is 11.4. The number of hydrogen-bond donors (Lipinski definition) is 5. The minimum absolute atomic E-state index is 0.107. The van der Waals surface area contributed by atoms with Gasteiger partial charge in [-0.15, -0.1) is 0 Å². The molecule has 5 N–H and O–H groups in total. The summed E-state index contributed by atoms with van der Waals surface area (Å²) in [6.07, 6.45) is -0.624. The smallest absolute Gasteiger partial charge is 0.327 e. The zero-order valence-electron chi connectivity index (χ0n) is 13.6. The molecule has 25 heavy (non-hydrogen) atoms. The molecule has 0 rings (SSSR count). The third-order valence-corrected chi connectivity index (χ3v) is 3.55. The van der Waals surface area contributed by atoms with Crippen molar-refractivity contribution in [2.75, 3.05) is 12.4 Å². The van der Waals surface area contributed by atoms with Gasteiger partial charge >= 0.3 is 17.9 Å². The Morgan fingerprint density at radius 2 is 1.76 bits per heavy atom. The highest BCUT2D eigenvalue weighted by molar-refractivity contribution is 7.80. The maximum Gasteiger partial charge on any atom is 0.327 e. The Morgan fingerprint density at radius 1 is 1.16 bits per heavy atom. The van der Waals surface area contributed by atoms with E-state index in [-0.39, 0.29) is 25.0 Å². The molecule has 0 unspecified atom stereocenters. The summed E-state index contributed by atoms with van der Waals surface area (Å²) in [5.41, 5.74) is 5.30. The van der Waals surface area contributed by atoms with E-state index in [1.807, 2.05) is 0 Å². The lowest BCUT2D eigenvalue weighted by atomic mass is 9.98. The number of ketones is 1. The van der Waals surface area contributed by atoms with Gasteiger partial charge < -0.3 is 26.0 Å². The summed E-state index contributed by atoms with van der Waals surface area (Å²) < 4.78 is 4.73. The molecule has 0 aliphatic rings. The zero-order valence-corrected chi connectivity index (χ0v) is 14.5. The van der Waals surface area contributed by atoms with Crippen LogP contribution in [0.2, 0.25) is 0 Å². The number of carbonyl (C=O) groups is 5. The van der Waals surface area contributed by atoms with Crippen molar-refractivity contribution in [3.05, 3.63) is 0 Å². The Kier molecular flexibility index (Phi) is 10.4. The molecule has 0 radical (unpaired) electrons. The van der Waals surface area contributed by atoms with Crippen molar-refractivity contribution in [1.29, 1.82) is 0 Å². The number of aliphatic carboxylic acids is 2. The van der Waals surface area contributed by atoms with E-state index in [4.69, 9.17) is 20.7 Å². The number of carboxylic acid groups (broad SMARTS) is 2. The van der Waals surface area contributed by atoms with Crippen LogP contribution in [0, 0.1) is 5.92 Å². The predicted octanol–water partition coefficient (Wildman–Crippen LogP) is -1.18. The fourth-order valence-electron chi connectivity index (χ4n) is 1.74. The van der Waals surface area contributed by atoms with Gasteiger partial charge in [-0.25, -0.2) is 4.79 Å². The number of ether oxygens (including phenoxy) is 1. The van der Waals surface area contributed by atoms with Gasteiger partial charge in [0.2, 0.25) is 5.91 Å². The largest absolute Gasteiger partial charge is 0.480 e. The van der Waals surface area contributed by atoms with E-state index >= 15 is 0 Å². The van der Waals surface area contributed by atoms with Crippen LogP contribution < -0.4 is 11.1 Å². The number of esters is 1. The van der Waals surface area contributed by atoms with Crippen LogP contribution in [0.3, 0.4) is 0 Å². The lowest BCUT2D eigenvalue weighted by molar-refractivity contribution is -0.147. The first-order valence-electron chi connectivity index (χ1n) is 7.35. The van der Waals surface area contributed by atoms with Gasteiger partial charge in [0.05, 0.1) is 5.92 Å². The predicted molar refractivity (Wildman–Crippen MR) is 88.0 cm³/mol. The van der Waals surface area contributed by atoms with E-state index in [2.05, 4.69) is 17.9 Å². The van der Waals surface area contributed by atoms with E-state index in [1.165, 1.54) is 0 Å². The first-order valence-corrected chi connectivity index (χ1v) is 7.99. The average molecular weight is 378 g/mol. The number of amides is 1. The van der Waals surface area contributed by atoms with Crippen molar-refractivity contribution in [2.45, 2.75) is 38.3 Å². The highest BCUT2D eigenvalue weighted by Gasteiger charge is 2.27. The summed E-state index contributed by atoms with van der Waals surface area (Å²) in [6, 6.07) is -2.46. The van der Waals surface area contributed by atoms with Crippen molar-refractivity contribution in [1.82, 2.24) is 5.32 Å². The van der Waals surface area contributed by atoms with Gasteiger partial charge in [-0.3, -0.25) is 19.2 Å². The maximum absolute atomic E-state index is 12.1. The molecule has 10 nitrogen and oxygen atoms in total. The standard InChI is InChI=1S/C14H22N2O8S/c1-7(17)24-5-8(12(19)16-11(6-25)14(22)23)4-9(18)2-3-10(15)13(20)21/h8,10-11,25H,2-6,15H2,1H3,(H,16,19)(H,20,21)(H,22,23)/t8-,10-,11-/m0/s1. The summed E-state index contributed by atoms with van der Waals surface area (Å²) in [5.74, 6) is -5.71. The fraction of sp³-hybridized carbons (Fsp3) is 0.643. The van der Waals surface area contributed by atoms with Crippen LogP contribution in [-0.2, 0) is 28.7 Å². The molecule has 0 aromatic heterocycles. The van der Waals surface area contributed by atoms with Crippen LogP contribution >= 0.6 is 12.6 Å². The molecule has 0 saturated heterocycles. The van der Waals surface area contributed by atoms with E-state index in [0.29, 0.717) is 0 Å². The second-order valence-electron chi connectivity index (χ2n) is 5.31. The highest BCUT2D eigenvalue weighted by atomic mass is 32.1. The number of Topliss-reactive ketones (excluding diaryl/α,β-unsaturated/α-hetero) is 1. The number of nitrogens with one attached hydrogen (secondary N) is 1. The van der Waals surface area contributed by atoms with Gasteiger partial charge in [0.25, 0.3) is 0 Å². The molecule has 0 aliphatic heterocycles. The van der Waals surface area contributed by atoms with Gasteiger partial charge in [-0.1, -0.05) is 0 Å². The zero-order chi connectivity index (χ0) is 19.6. The Bertz CT molecular complexity index is 525. The first-order chi connectivity index (χ1) is 11.6. The molecule has 11 heteroatoms. The minimum atomic E-state index is -1.30. The van der Waals surface area contributed by atoms with E-state index in [0.717, 1.165) is 6.92 Å². The summed E-state index contributed by atoms with van der Waals surface area (Å²) in [5, 5.41) is 19.8. The Balaban J connectivity index is 4.82. The highest BCUT2D eigenvalue weighted by Crippen LogP contribution is 2.10. The van der Waals surface area contributed by atoms with Crippen LogP contribution in [0.4, 0.5) is 0 Å². The molecule has 0 heterocycles. The molecule has 0 spiro atoms. The number of rotatable bonds is 12. The molecule has 0 fully saturated rings. The number of carboxylic acids is 2. The average Bonchev–Trinajstić information content (AvgIpc) is 2.52. The van der Waals surface area contributed by atoms with Crippen LogP contribution in [0.25, 0.3) is 0 Å². The maximum atomic E-state index is 12.1. The summed E-state index contributed by atoms with van der Waals surface area (Å²) >= 11 is 3.81. The van der Waals surface area contributed by atoms with Gasteiger partial charge in [0.1, 0.15) is 24.5 Å². The molecular formula is C14H22N2O8S. The molecule has 1 amide bonds. The van der Waals surface area contributed by atoms with Crippen LogP contribution in [0.1, 0.15) is 26.2 Å². The van der Waals surface area contributed by atoms with Gasteiger partial charge in [-0.2, -0.15) is 12.6 Å². The molecule has 0 aromatic carbocycles. The van der Waals surface area contributed by atoms with Gasteiger partial charge in [0, 0.05) is 25.5 Å². The topological polar surface area (TPSA) is 173 Å². The van der Waals surface area contributed by atoms with E-state index in [9.17, 15) is 24.0 Å². The summed E-state index contributed by atoms with van der Waals surface area (Å²) in [4.78, 5) is 56.5. The van der Waals surface area contributed by atoms with Gasteiger partial charge in [0.15, 0.2) is 0 Å². The Morgan fingerprint density at radius 3 is 2.20 bits per heavy atom. The molecule has 142 valence electrons. The molecule has 0 aromatic rings. The Hall–Kier alpha value is -2.14. The normalized spacial score (nSPS) is 14.0. The van der Waals surface area contributed by atoms with Crippen molar-refractivity contribution >= 4 is 42.2 Å². The number of nitrogens with two attached hydrogens (primary N) is 1. The van der Waals surface area contributed by atoms with Crippen molar-refractivity contribution in [3.63, 3.8) is 0 Å². The summed E-state index contributed by atoms with van der Waals surface area (Å²) in [6.45, 7) is 0.716. The number of thiol groups is 1. The van der Waals surface area contributed by atoms with E-state index < -0.39 is 54.2 Å². The number of hydrogen-bond acceptors (Lipinski definition) is 8. The first kappa shape index (κ1) is 22.9. The van der Waals surface area contributed by atoms with Crippen molar-refractivity contribution in [2.24, 2.45) is 11.7 Å². The van der Waals surface area contributed by atoms with Crippen LogP contribution in [0.15, 0.2) is 0 Å². The third-order valence-electron chi connectivity index (χ3n) is 3.18. The molecule has 0 bridgehead atoms. The van der Waals surface area contributed by atoms with E-state index in [1.54, 1.807) is 0 Å². The number of carbonyl (C=O) groups excluding carboxylic acids is 3. The molecule has 3 atom stereocenters. The summed E-state index contributed by atoms with van der Waals surface area (Å²) in [7, 11) is 0. The lowest BCUT2D eigenvalue weighted by Gasteiger charge is -2.19. The van der Waals surface area contributed by atoms with Crippen LogP contribution in [-0.4, -0.2) is 64.3 Å². The lowest BCUT2D eigenvalue weighted by Crippen LogP contribution is -2.46. The Labute approximate surface area is 149 Å². The minimum Gasteiger partial charge on any atom is -0.480 e. The quantitative estimate of drug-likeness (QED) is 0.207. The van der Waals surface area contributed by atoms with Gasteiger partial charge in [-0.05, 0) is 6.42 Å². The van der Waals surface area contributed by atoms with Crippen LogP contribution in [0.5, 0.6) is 0 Å². The molecule has 0 saturated carbocycles. The van der Waals surface area contributed by atoms with Crippen molar-refractivity contribution in [3.8, 4) is 0 Å².